The van der Waals surface area contributed by atoms with E-state index in [1.165, 1.54) is 54.6 Å². The number of hydrogen-bond acceptors (Lipinski definition) is 1. The second-order valence-corrected chi connectivity index (χ2v) is 6.35. The van der Waals surface area contributed by atoms with Crippen molar-refractivity contribution in [3.8, 4) is 0 Å². The van der Waals surface area contributed by atoms with Gasteiger partial charge in [0.2, 0.25) is 0 Å². The monoisotopic (exact) mass is 291 g/mol. The molecule has 1 fully saturated rings. The summed E-state index contributed by atoms with van der Waals surface area (Å²) in [7, 11) is 2.12. The van der Waals surface area contributed by atoms with Gasteiger partial charge in [0.25, 0.3) is 0 Å². The summed E-state index contributed by atoms with van der Waals surface area (Å²) in [5.41, 5.74) is 6.70. The average molecular weight is 291 g/mol. The van der Waals surface area contributed by atoms with Gasteiger partial charge in [-0.2, -0.15) is 0 Å². The van der Waals surface area contributed by atoms with Gasteiger partial charge in [-0.25, -0.2) is 0 Å². The van der Waals surface area contributed by atoms with Crippen LogP contribution >= 0.6 is 0 Å². The summed E-state index contributed by atoms with van der Waals surface area (Å²) >= 11 is 0. The van der Waals surface area contributed by atoms with E-state index in [1.54, 1.807) is 5.57 Å². The molecule has 3 rings (SSSR count). The Morgan fingerprint density at radius 3 is 1.91 bits per heavy atom. The van der Waals surface area contributed by atoms with Crippen molar-refractivity contribution in [2.45, 2.75) is 39.0 Å². The van der Waals surface area contributed by atoms with E-state index in [9.17, 15) is 0 Å². The lowest BCUT2D eigenvalue weighted by molar-refractivity contribution is 0.602. The first kappa shape index (κ1) is 14.9. The second kappa shape index (κ2) is 6.83. The highest BCUT2D eigenvalue weighted by atomic mass is 15.1. The van der Waals surface area contributed by atoms with Crippen molar-refractivity contribution in [2.24, 2.45) is 0 Å². The molecule has 1 heteroatoms. The van der Waals surface area contributed by atoms with Gasteiger partial charge in [-0.15, -0.1) is 0 Å². The second-order valence-electron chi connectivity index (χ2n) is 6.35. The van der Waals surface area contributed by atoms with E-state index in [0.29, 0.717) is 0 Å². The minimum absolute atomic E-state index is 1.23. The molecule has 0 bridgehead atoms. The zero-order valence-electron chi connectivity index (χ0n) is 13.7. The summed E-state index contributed by atoms with van der Waals surface area (Å²) in [6.07, 6.45) is 9.07. The Morgan fingerprint density at radius 2 is 1.32 bits per heavy atom. The molecule has 1 aliphatic rings. The van der Waals surface area contributed by atoms with Crippen molar-refractivity contribution in [1.29, 1.82) is 0 Å². The molecule has 1 saturated carbocycles. The van der Waals surface area contributed by atoms with Gasteiger partial charge in [0.15, 0.2) is 0 Å². The van der Waals surface area contributed by atoms with E-state index in [-0.39, 0.29) is 0 Å². The normalized spacial score (nSPS) is 14.7. The fraction of sp³-hybridized carbons (Fsp3) is 0.333. The summed E-state index contributed by atoms with van der Waals surface area (Å²) in [6, 6.07) is 17.6. The van der Waals surface area contributed by atoms with Crippen LogP contribution < -0.4 is 4.90 Å². The molecule has 1 aliphatic carbocycles. The summed E-state index contributed by atoms with van der Waals surface area (Å²) in [6.45, 7) is 2.12. The molecular formula is C21H25N. The van der Waals surface area contributed by atoms with Gasteiger partial charge in [0.1, 0.15) is 0 Å². The molecule has 0 N–H and O–H groups in total. The van der Waals surface area contributed by atoms with Crippen LogP contribution in [0.3, 0.4) is 0 Å². The van der Waals surface area contributed by atoms with Gasteiger partial charge >= 0.3 is 0 Å². The third kappa shape index (κ3) is 3.59. The van der Waals surface area contributed by atoms with Crippen LogP contribution in [0.1, 0.15) is 43.2 Å². The van der Waals surface area contributed by atoms with Crippen LogP contribution in [0.5, 0.6) is 0 Å². The van der Waals surface area contributed by atoms with Crippen molar-refractivity contribution in [3.63, 3.8) is 0 Å². The molecule has 0 atom stereocenters. The lowest BCUT2D eigenvalue weighted by Gasteiger charge is -2.20. The van der Waals surface area contributed by atoms with Gasteiger partial charge in [0.05, 0.1) is 0 Å². The summed E-state index contributed by atoms with van der Waals surface area (Å²) in [5, 5.41) is 0. The molecule has 22 heavy (non-hydrogen) atoms. The molecule has 0 saturated heterocycles. The molecule has 0 unspecified atom stereocenters. The maximum absolute atomic E-state index is 2.38. The molecular weight excluding hydrogens is 266 g/mol. The topological polar surface area (TPSA) is 3.24 Å². The highest BCUT2D eigenvalue weighted by Gasteiger charge is 2.06. The van der Waals surface area contributed by atoms with Crippen LogP contribution in [0.4, 0.5) is 11.4 Å². The van der Waals surface area contributed by atoms with Crippen LogP contribution in [-0.4, -0.2) is 7.05 Å². The fourth-order valence-electron chi connectivity index (χ4n) is 3.10. The van der Waals surface area contributed by atoms with Gasteiger partial charge in [0, 0.05) is 18.4 Å². The number of aryl methyl sites for hydroxylation is 1. The maximum Gasteiger partial charge on any atom is 0.0408 e. The molecule has 1 nitrogen and oxygen atoms in total. The van der Waals surface area contributed by atoms with Gasteiger partial charge in [-0.05, 0) is 62.4 Å². The van der Waals surface area contributed by atoms with Crippen LogP contribution in [0.25, 0.3) is 6.08 Å². The highest BCUT2D eigenvalue weighted by Crippen LogP contribution is 2.27. The zero-order chi connectivity index (χ0) is 15.4. The Bertz CT molecular complexity index is 627. The molecule has 2 aromatic rings. The molecule has 0 amide bonds. The van der Waals surface area contributed by atoms with E-state index < -0.39 is 0 Å². The lowest BCUT2D eigenvalue weighted by atomic mass is 9.93. The third-order valence-corrected chi connectivity index (χ3v) is 4.57. The number of hydrogen-bond donors (Lipinski definition) is 0. The van der Waals surface area contributed by atoms with Gasteiger partial charge in [-0.1, -0.05) is 47.9 Å². The van der Waals surface area contributed by atoms with E-state index in [1.807, 2.05) is 0 Å². The number of benzene rings is 2. The largest absolute Gasteiger partial charge is 0.345 e. The summed E-state index contributed by atoms with van der Waals surface area (Å²) in [4.78, 5) is 2.23. The fourth-order valence-corrected chi connectivity index (χ4v) is 3.10. The first-order chi connectivity index (χ1) is 10.7. The van der Waals surface area contributed by atoms with Gasteiger partial charge in [-0.3, -0.25) is 0 Å². The summed E-state index contributed by atoms with van der Waals surface area (Å²) in [5.74, 6) is 0. The highest BCUT2D eigenvalue weighted by molar-refractivity contribution is 5.65. The Balaban J connectivity index is 1.74. The standard InChI is InChI=1S/C21H25N/c1-17-8-12-20(13-9-17)22(2)21-14-10-19(11-15-21)16-18-6-4-3-5-7-18/h8-16H,3-7H2,1-2H3. The number of allylic oxidation sites excluding steroid dienone is 1. The molecule has 0 radical (unpaired) electrons. The van der Waals surface area contributed by atoms with Crippen LogP contribution in [0.2, 0.25) is 0 Å². The van der Waals surface area contributed by atoms with Crippen molar-refractivity contribution < 1.29 is 0 Å². The SMILES string of the molecule is Cc1ccc(N(C)c2ccc(C=C3CCCCC3)cc2)cc1. The Labute approximate surface area is 134 Å². The van der Waals surface area contributed by atoms with Crippen LogP contribution in [-0.2, 0) is 0 Å². The maximum atomic E-state index is 2.38. The summed E-state index contributed by atoms with van der Waals surface area (Å²) < 4.78 is 0. The molecule has 0 aliphatic heterocycles. The van der Waals surface area contributed by atoms with Crippen molar-refractivity contribution in [2.75, 3.05) is 11.9 Å². The Hall–Kier alpha value is -2.02. The van der Waals surface area contributed by atoms with E-state index in [4.69, 9.17) is 0 Å². The number of nitrogens with zero attached hydrogens (tertiary/aromatic N) is 1. The first-order valence-corrected chi connectivity index (χ1v) is 8.32. The van der Waals surface area contributed by atoms with Crippen LogP contribution in [0.15, 0.2) is 54.1 Å². The van der Waals surface area contributed by atoms with Crippen LogP contribution in [0, 0.1) is 6.92 Å². The minimum atomic E-state index is 1.23. The average Bonchev–Trinajstić information content (AvgIpc) is 2.57. The van der Waals surface area contributed by atoms with Crippen molar-refractivity contribution in [3.05, 3.63) is 65.2 Å². The zero-order valence-corrected chi connectivity index (χ0v) is 13.7. The minimum Gasteiger partial charge on any atom is -0.345 e. The van der Waals surface area contributed by atoms with Crippen molar-refractivity contribution in [1.82, 2.24) is 0 Å². The Morgan fingerprint density at radius 1 is 0.773 bits per heavy atom. The lowest BCUT2D eigenvalue weighted by Crippen LogP contribution is -2.09. The van der Waals surface area contributed by atoms with E-state index in [2.05, 4.69) is 73.5 Å². The first-order valence-electron chi connectivity index (χ1n) is 8.32. The smallest absolute Gasteiger partial charge is 0.0408 e. The number of anilines is 2. The molecule has 0 heterocycles. The molecule has 2 aromatic carbocycles. The van der Waals surface area contributed by atoms with Gasteiger partial charge < -0.3 is 4.90 Å². The predicted molar refractivity (Wildman–Crippen MR) is 96.7 cm³/mol. The number of rotatable bonds is 3. The van der Waals surface area contributed by atoms with Crippen molar-refractivity contribution >= 4 is 17.5 Å². The third-order valence-electron chi connectivity index (χ3n) is 4.57. The quantitative estimate of drug-likeness (QED) is 0.659. The molecule has 0 spiro atoms. The van der Waals surface area contributed by atoms with E-state index in [0.717, 1.165) is 0 Å². The predicted octanol–water partition coefficient (Wildman–Crippen LogP) is 6.11. The molecule has 114 valence electrons. The van der Waals surface area contributed by atoms with E-state index >= 15 is 0 Å². The molecule has 0 aromatic heterocycles. The Kier molecular flexibility index (Phi) is 4.62.